The molecule has 0 aliphatic carbocycles. The predicted octanol–water partition coefficient (Wildman–Crippen LogP) is 6.33. The van der Waals surface area contributed by atoms with E-state index in [2.05, 4.69) is 31.9 Å². The monoisotopic (exact) mass is 475 g/mol. The molecular formula is C14H2Br2F7N. The van der Waals surface area contributed by atoms with Crippen LogP contribution in [0.2, 0.25) is 0 Å². The molecule has 0 amide bonds. The number of nitriles is 1. The molecule has 0 atom stereocenters. The van der Waals surface area contributed by atoms with Crippen molar-refractivity contribution in [3.63, 3.8) is 0 Å². The number of rotatable bonds is 1. The van der Waals surface area contributed by atoms with Gasteiger partial charge in [0.05, 0.1) is 8.95 Å². The van der Waals surface area contributed by atoms with Gasteiger partial charge in [0.1, 0.15) is 28.8 Å². The second-order valence-corrected chi connectivity index (χ2v) is 6.01. The van der Waals surface area contributed by atoms with Gasteiger partial charge >= 0.3 is 6.18 Å². The molecule has 2 rings (SSSR count). The molecule has 10 heteroatoms. The summed E-state index contributed by atoms with van der Waals surface area (Å²) < 4.78 is 91.9. The summed E-state index contributed by atoms with van der Waals surface area (Å²) in [6.45, 7) is 0. The minimum atomic E-state index is -5.30. The largest absolute Gasteiger partial charge is 0.422 e. The first-order chi connectivity index (χ1) is 11.0. The Bertz CT molecular complexity index is 885. The van der Waals surface area contributed by atoms with Crippen LogP contribution in [-0.4, -0.2) is 0 Å². The van der Waals surface area contributed by atoms with E-state index in [-0.39, 0.29) is 0 Å². The van der Waals surface area contributed by atoms with E-state index < -0.39 is 60.6 Å². The maximum Gasteiger partial charge on any atom is 0.422 e. The number of hydrogen-bond acceptors (Lipinski definition) is 1. The average Bonchev–Trinajstić information content (AvgIpc) is 2.46. The molecule has 0 aliphatic heterocycles. The van der Waals surface area contributed by atoms with Gasteiger partial charge in [-0.05, 0) is 44.0 Å². The zero-order valence-corrected chi connectivity index (χ0v) is 14.2. The van der Waals surface area contributed by atoms with Crippen molar-refractivity contribution in [1.29, 1.82) is 5.26 Å². The standard InChI is InChI=1S/C14H2Br2F7N/c15-10-4(1-7(17)6(3-24)12(10)19)5-2-8(18)9(14(21,22)23)13(20)11(5)16/h1-2H. The van der Waals surface area contributed by atoms with Gasteiger partial charge in [-0.1, -0.05) is 0 Å². The molecule has 0 saturated carbocycles. The summed E-state index contributed by atoms with van der Waals surface area (Å²) in [6, 6.07) is 2.13. The third-order valence-corrected chi connectivity index (χ3v) is 4.55. The number of halogens is 9. The molecular weight excluding hydrogens is 475 g/mol. The number of hydrogen-bond donors (Lipinski definition) is 0. The van der Waals surface area contributed by atoms with Crippen LogP contribution in [0.5, 0.6) is 0 Å². The molecule has 0 heterocycles. The van der Waals surface area contributed by atoms with Crippen molar-refractivity contribution in [2.75, 3.05) is 0 Å². The Hall–Kier alpha value is -1.60. The molecule has 0 N–H and O–H groups in total. The fourth-order valence-corrected chi connectivity index (χ4v) is 3.00. The lowest BCUT2D eigenvalue weighted by atomic mass is 10.0. The van der Waals surface area contributed by atoms with Gasteiger partial charge in [-0.3, -0.25) is 0 Å². The normalized spacial score (nSPS) is 11.5. The highest BCUT2D eigenvalue weighted by molar-refractivity contribution is 9.11. The lowest BCUT2D eigenvalue weighted by Gasteiger charge is -2.15. The molecule has 0 unspecified atom stereocenters. The Labute approximate surface area is 147 Å². The van der Waals surface area contributed by atoms with Crippen LogP contribution in [0, 0.1) is 34.6 Å². The summed E-state index contributed by atoms with van der Waals surface area (Å²) in [6.07, 6.45) is -5.30. The van der Waals surface area contributed by atoms with Crippen molar-refractivity contribution in [1.82, 2.24) is 0 Å². The predicted molar refractivity (Wildman–Crippen MR) is 76.8 cm³/mol. The van der Waals surface area contributed by atoms with Crippen LogP contribution >= 0.6 is 31.9 Å². The topological polar surface area (TPSA) is 23.8 Å². The van der Waals surface area contributed by atoms with Crippen molar-refractivity contribution < 1.29 is 30.7 Å². The SMILES string of the molecule is N#Cc1c(F)cc(-c2cc(F)c(C(F)(F)F)c(F)c2Br)c(Br)c1F. The van der Waals surface area contributed by atoms with Crippen LogP contribution in [0.25, 0.3) is 11.1 Å². The van der Waals surface area contributed by atoms with Crippen LogP contribution in [0.3, 0.4) is 0 Å². The Morgan fingerprint density at radius 1 is 0.833 bits per heavy atom. The highest BCUT2D eigenvalue weighted by Crippen LogP contribution is 2.43. The maximum atomic E-state index is 13.9. The third-order valence-electron chi connectivity index (χ3n) is 3.00. The van der Waals surface area contributed by atoms with Gasteiger partial charge in [0.15, 0.2) is 11.6 Å². The quantitative estimate of drug-likeness (QED) is 0.349. The van der Waals surface area contributed by atoms with Crippen LogP contribution in [0.4, 0.5) is 30.7 Å². The van der Waals surface area contributed by atoms with Gasteiger partial charge in [-0.2, -0.15) is 18.4 Å². The summed E-state index contributed by atoms with van der Waals surface area (Å²) >= 11 is 5.24. The Morgan fingerprint density at radius 3 is 1.75 bits per heavy atom. The zero-order chi connectivity index (χ0) is 18.4. The van der Waals surface area contributed by atoms with E-state index in [1.807, 2.05) is 0 Å². The fourth-order valence-electron chi connectivity index (χ4n) is 1.94. The van der Waals surface area contributed by atoms with Crippen molar-refractivity contribution in [3.8, 4) is 17.2 Å². The molecule has 126 valence electrons. The maximum absolute atomic E-state index is 13.9. The summed E-state index contributed by atoms with van der Waals surface area (Å²) in [5, 5.41) is 8.65. The Morgan fingerprint density at radius 2 is 1.29 bits per heavy atom. The molecule has 1 nitrogen and oxygen atoms in total. The lowest BCUT2D eigenvalue weighted by Crippen LogP contribution is -2.12. The fraction of sp³-hybridized carbons (Fsp3) is 0.0714. The highest BCUT2D eigenvalue weighted by atomic mass is 79.9. The highest BCUT2D eigenvalue weighted by Gasteiger charge is 2.39. The van der Waals surface area contributed by atoms with E-state index in [0.717, 1.165) is 0 Å². The number of alkyl halides is 3. The lowest BCUT2D eigenvalue weighted by molar-refractivity contribution is -0.142. The van der Waals surface area contributed by atoms with Crippen molar-refractivity contribution in [3.05, 3.63) is 55.5 Å². The molecule has 2 aromatic rings. The van der Waals surface area contributed by atoms with Gasteiger partial charge in [-0.15, -0.1) is 0 Å². The smallest absolute Gasteiger partial charge is 0.206 e. The van der Waals surface area contributed by atoms with E-state index >= 15 is 0 Å². The molecule has 0 spiro atoms. The molecule has 0 aliphatic rings. The summed E-state index contributed by atoms with van der Waals surface area (Å²) in [5.41, 5.74) is -4.12. The molecule has 2 aromatic carbocycles. The van der Waals surface area contributed by atoms with Crippen LogP contribution < -0.4 is 0 Å². The first kappa shape index (κ1) is 18.7. The summed E-state index contributed by atoms with van der Waals surface area (Å²) in [4.78, 5) is 0. The van der Waals surface area contributed by atoms with Gasteiger partial charge < -0.3 is 0 Å². The molecule has 0 saturated heterocycles. The van der Waals surface area contributed by atoms with Gasteiger partial charge in [0, 0.05) is 11.1 Å². The first-order valence-corrected chi connectivity index (χ1v) is 7.42. The van der Waals surface area contributed by atoms with E-state index in [4.69, 9.17) is 5.26 Å². The van der Waals surface area contributed by atoms with Crippen molar-refractivity contribution >= 4 is 31.9 Å². The minimum absolute atomic E-state index is 0.293. The van der Waals surface area contributed by atoms with Gasteiger partial charge in [0.25, 0.3) is 0 Å². The van der Waals surface area contributed by atoms with Crippen LogP contribution in [0.15, 0.2) is 21.1 Å². The summed E-state index contributed by atoms with van der Waals surface area (Å²) in [7, 11) is 0. The van der Waals surface area contributed by atoms with E-state index in [9.17, 15) is 30.7 Å². The average molecular weight is 477 g/mol. The molecule has 0 aromatic heterocycles. The molecule has 24 heavy (non-hydrogen) atoms. The van der Waals surface area contributed by atoms with Crippen LogP contribution in [0.1, 0.15) is 11.1 Å². The van der Waals surface area contributed by atoms with Crippen LogP contribution in [-0.2, 0) is 6.18 Å². The number of benzene rings is 2. The first-order valence-electron chi connectivity index (χ1n) is 5.83. The van der Waals surface area contributed by atoms with E-state index in [0.29, 0.717) is 12.1 Å². The Kier molecular flexibility index (Phi) is 4.97. The Balaban J connectivity index is 2.84. The van der Waals surface area contributed by atoms with Crippen molar-refractivity contribution in [2.45, 2.75) is 6.18 Å². The van der Waals surface area contributed by atoms with E-state index in [1.54, 1.807) is 0 Å². The molecule has 0 radical (unpaired) electrons. The zero-order valence-electron chi connectivity index (χ0n) is 11.0. The third kappa shape index (κ3) is 3.02. The minimum Gasteiger partial charge on any atom is -0.206 e. The second kappa shape index (κ2) is 6.37. The van der Waals surface area contributed by atoms with Crippen molar-refractivity contribution in [2.24, 2.45) is 0 Å². The van der Waals surface area contributed by atoms with E-state index in [1.165, 1.54) is 6.07 Å². The summed E-state index contributed by atoms with van der Waals surface area (Å²) in [5.74, 6) is -6.59. The number of nitrogens with zero attached hydrogens (tertiary/aromatic N) is 1. The molecule has 0 fully saturated rings. The second-order valence-electron chi connectivity index (χ2n) is 4.43. The molecule has 0 bridgehead atoms. The van der Waals surface area contributed by atoms with Gasteiger partial charge in [0.2, 0.25) is 0 Å². The van der Waals surface area contributed by atoms with Gasteiger partial charge in [-0.25, -0.2) is 17.6 Å².